The number of carboxylic acids is 1. The molecule has 1 heterocycles. The van der Waals surface area contributed by atoms with Crippen molar-refractivity contribution in [1.29, 1.82) is 0 Å². The van der Waals surface area contributed by atoms with E-state index < -0.39 is 11.4 Å². The molecule has 23 heavy (non-hydrogen) atoms. The van der Waals surface area contributed by atoms with Crippen LogP contribution in [0.4, 0.5) is 0 Å². The predicted molar refractivity (Wildman–Crippen MR) is 87.8 cm³/mol. The lowest BCUT2D eigenvalue weighted by Gasteiger charge is -2.28. The quantitative estimate of drug-likeness (QED) is 0.895. The molecule has 1 amide bonds. The molecule has 1 aliphatic rings. The largest absolute Gasteiger partial charge is 0.483 e. The number of nitrogens with zero attached hydrogens (tertiary/aromatic N) is 1. The van der Waals surface area contributed by atoms with Gasteiger partial charge in [-0.2, -0.15) is 0 Å². The number of carbonyl (C=O) groups is 2. The molecule has 1 N–H and O–H groups in total. The Morgan fingerprint density at radius 1 is 1.43 bits per heavy atom. The Labute approximate surface area is 141 Å². The van der Waals surface area contributed by atoms with Crippen molar-refractivity contribution in [2.75, 3.05) is 19.7 Å². The van der Waals surface area contributed by atoms with Crippen molar-refractivity contribution < 1.29 is 19.4 Å². The molecule has 0 saturated carbocycles. The van der Waals surface area contributed by atoms with Crippen LogP contribution in [0.3, 0.4) is 0 Å². The van der Waals surface area contributed by atoms with E-state index in [1.807, 2.05) is 20.8 Å². The van der Waals surface area contributed by atoms with Crippen molar-refractivity contribution in [3.8, 4) is 5.75 Å². The van der Waals surface area contributed by atoms with Crippen LogP contribution < -0.4 is 4.74 Å². The van der Waals surface area contributed by atoms with Gasteiger partial charge in [-0.15, -0.1) is 0 Å². The van der Waals surface area contributed by atoms with E-state index in [9.17, 15) is 14.7 Å². The highest BCUT2D eigenvalue weighted by Crippen LogP contribution is 2.38. The third-order valence-corrected chi connectivity index (χ3v) is 5.16. The number of halogens is 1. The van der Waals surface area contributed by atoms with Gasteiger partial charge in [0, 0.05) is 23.7 Å². The molecule has 126 valence electrons. The molecular weight excluding hydrogens is 318 g/mol. The summed E-state index contributed by atoms with van der Waals surface area (Å²) in [6.07, 6.45) is 0.474. The number of carbonyl (C=O) groups excluding carboxylic acids is 1. The van der Waals surface area contributed by atoms with Gasteiger partial charge in [-0.3, -0.25) is 9.59 Å². The summed E-state index contributed by atoms with van der Waals surface area (Å²) < 4.78 is 5.56. The van der Waals surface area contributed by atoms with E-state index in [1.54, 1.807) is 23.1 Å². The summed E-state index contributed by atoms with van der Waals surface area (Å²) in [4.78, 5) is 25.5. The van der Waals surface area contributed by atoms with E-state index in [1.165, 1.54) is 0 Å². The van der Waals surface area contributed by atoms with Gasteiger partial charge >= 0.3 is 5.97 Å². The average Bonchev–Trinajstić information content (AvgIpc) is 2.95. The molecule has 0 aromatic heterocycles. The van der Waals surface area contributed by atoms with Crippen LogP contribution in [0.2, 0.25) is 5.02 Å². The lowest BCUT2D eigenvalue weighted by molar-refractivity contribution is -0.151. The van der Waals surface area contributed by atoms with Crippen LogP contribution in [-0.4, -0.2) is 41.6 Å². The molecule has 2 rings (SSSR count). The van der Waals surface area contributed by atoms with Gasteiger partial charge in [0.15, 0.2) is 6.61 Å². The number of ether oxygens (including phenoxy) is 1. The van der Waals surface area contributed by atoms with Gasteiger partial charge in [0.2, 0.25) is 0 Å². The normalized spacial score (nSPS) is 20.8. The summed E-state index contributed by atoms with van der Waals surface area (Å²) >= 11 is 6.02. The molecule has 0 bridgehead atoms. The van der Waals surface area contributed by atoms with Gasteiger partial charge < -0.3 is 14.7 Å². The second-order valence-electron chi connectivity index (χ2n) is 6.33. The van der Waals surface area contributed by atoms with Crippen LogP contribution in [0.1, 0.15) is 25.8 Å². The molecule has 1 unspecified atom stereocenters. The Morgan fingerprint density at radius 2 is 2.13 bits per heavy atom. The van der Waals surface area contributed by atoms with Crippen LogP contribution in [0, 0.1) is 18.3 Å². The van der Waals surface area contributed by atoms with E-state index in [4.69, 9.17) is 16.3 Å². The number of amides is 1. The molecule has 6 heteroatoms. The number of aliphatic carboxylic acids is 1. The molecule has 1 aromatic rings. The van der Waals surface area contributed by atoms with Crippen LogP contribution in [0.5, 0.6) is 5.75 Å². The number of rotatable bonds is 5. The van der Waals surface area contributed by atoms with E-state index in [-0.39, 0.29) is 25.0 Å². The van der Waals surface area contributed by atoms with Gasteiger partial charge in [0.1, 0.15) is 5.75 Å². The molecule has 5 nitrogen and oxygen atoms in total. The lowest BCUT2D eigenvalue weighted by atomic mass is 9.76. The van der Waals surface area contributed by atoms with Crippen molar-refractivity contribution >= 4 is 23.5 Å². The fraction of sp³-hybridized carbons (Fsp3) is 0.529. The van der Waals surface area contributed by atoms with Crippen LogP contribution in [0.15, 0.2) is 18.2 Å². The zero-order valence-electron chi connectivity index (χ0n) is 13.6. The number of hydrogen-bond donors (Lipinski definition) is 1. The highest BCUT2D eigenvalue weighted by Gasteiger charge is 2.48. The lowest BCUT2D eigenvalue weighted by Crippen LogP contribution is -2.41. The summed E-state index contributed by atoms with van der Waals surface area (Å²) in [5, 5.41) is 10.1. The highest BCUT2D eigenvalue weighted by atomic mass is 35.5. The smallest absolute Gasteiger partial charge is 0.311 e. The third kappa shape index (κ3) is 3.44. The summed E-state index contributed by atoms with van der Waals surface area (Å²) in [7, 11) is 0. The van der Waals surface area contributed by atoms with E-state index in [2.05, 4.69) is 0 Å². The second-order valence-corrected chi connectivity index (χ2v) is 6.74. The first kappa shape index (κ1) is 17.6. The number of carboxylic acid groups (broad SMARTS) is 1. The molecule has 1 fully saturated rings. The van der Waals surface area contributed by atoms with Gasteiger partial charge in [0.25, 0.3) is 5.91 Å². The molecule has 1 aromatic carbocycles. The fourth-order valence-electron chi connectivity index (χ4n) is 2.91. The molecule has 1 aliphatic heterocycles. The maximum atomic E-state index is 12.3. The van der Waals surface area contributed by atoms with Gasteiger partial charge in [-0.05, 0) is 31.4 Å². The third-order valence-electron chi connectivity index (χ3n) is 4.75. The maximum absolute atomic E-state index is 12.3. The summed E-state index contributed by atoms with van der Waals surface area (Å²) in [5.41, 5.74) is -0.0767. The molecule has 0 aliphatic carbocycles. The van der Waals surface area contributed by atoms with E-state index in [0.717, 1.165) is 5.56 Å². The minimum absolute atomic E-state index is 0.0334. The van der Waals surface area contributed by atoms with Crippen LogP contribution in [0.25, 0.3) is 0 Å². The van der Waals surface area contributed by atoms with Gasteiger partial charge in [0.05, 0.1) is 5.41 Å². The average molecular weight is 340 g/mol. The summed E-state index contributed by atoms with van der Waals surface area (Å²) in [6.45, 7) is 6.15. The Hall–Kier alpha value is -1.75. The second kappa shape index (κ2) is 6.79. The number of hydrogen-bond acceptors (Lipinski definition) is 3. The van der Waals surface area contributed by atoms with Crippen LogP contribution in [-0.2, 0) is 9.59 Å². The first-order chi connectivity index (χ1) is 10.8. The SMILES string of the molecule is Cc1c(Cl)cccc1OCC(=O)N1CCC(C(=O)O)(C(C)C)C1. The van der Waals surface area contributed by atoms with Crippen molar-refractivity contribution in [1.82, 2.24) is 4.90 Å². The minimum Gasteiger partial charge on any atom is -0.483 e. The first-order valence-electron chi connectivity index (χ1n) is 7.67. The fourth-order valence-corrected chi connectivity index (χ4v) is 3.08. The monoisotopic (exact) mass is 339 g/mol. The standard InChI is InChI=1S/C17H22ClNO4/c1-11(2)17(16(21)22)7-8-19(10-17)15(20)9-23-14-6-4-5-13(18)12(14)3/h4-6,11H,7-10H2,1-3H3,(H,21,22). The van der Waals surface area contributed by atoms with Gasteiger partial charge in [-0.25, -0.2) is 0 Å². The Kier molecular flexibility index (Phi) is 5.19. The van der Waals surface area contributed by atoms with Crippen molar-refractivity contribution in [2.24, 2.45) is 11.3 Å². The Balaban J connectivity index is 2.00. The zero-order chi connectivity index (χ0) is 17.2. The Bertz CT molecular complexity index is 617. The highest BCUT2D eigenvalue weighted by molar-refractivity contribution is 6.31. The van der Waals surface area contributed by atoms with E-state index >= 15 is 0 Å². The molecule has 0 radical (unpaired) electrons. The van der Waals surface area contributed by atoms with Gasteiger partial charge in [-0.1, -0.05) is 31.5 Å². The van der Waals surface area contributed by atoms with E-state index in [0.29, 0.717) is 23.7 Å². The molecule has 0 spiro atoms. The topological polar surface area (TPSA) is 66.8 Å². The number of likely N-dealkylation sites (tertiary alicyclic amines) is 1. The Morgan fingerprint density at radius 3 is 2.70 bits per heavy atom. The first-order valence-corrected chi connectivity index (χ1v) is 8.05. The van der Waals surface area contributed by atoms with Crippen molar-refractivity contribution in [3.63, 3.8) is 0 Å². The number of benzene rings is 1. The van der Waals surface area contributed by atoms with Crippen LogP contribution >= 0.6 is 11.6 Å². The summed E-state index contributed by atoms with van der Waals surface area (Å²) in [5.74, 6) is -0.505. The molecule has 1 saturated heterocycles. The zero-order valence-corrected chi connectivity index (χ0v) is 14.4. The van der Waals surface area contributed by atoms with Crippen molar-refractivity contribution in [2.45, 2.75) is 27.2 Å². The summed E-state index contributed by atoms with van der Waals surface area (Å²) in [6, 6.07) is 5.28. The van der Waals surface area contributed by atoms with Crippen molar-refractivity contribution in [3.05, 3.63) is 28.8 Å². The molecular formula is C17H22ClNO4. The minimum atomic E-state index is -0.859. The predicted octanol–water partition coefficient (Wildman–Crippen LogP) is 2.99. The maximum Gasteiger partial charge on any atom is 0.311 e. The molecule has 1 atom stereocenters.